The van der Waals surface area contributed by atoms with Crippen LogP contribution in [-0.2, 0) is 6.54 Å². The van der Waals surface area contributed by atoms with Crippen molar-refractivity contribution in [3.8, 4) is 5.75 Å². The summed E-state index contributed by atoms with van der Waals surface area (Å²) in [5.74, 6) is 1.54. The molecular weight excluding hydrogens is 224 g/mol. The van der Waals surface area contributed by atoms with E-state index in [1.165, 1.54) is 17.5 Å². The van der Waals surface area contributed by atoms with Crippen LogP contribution in [0.4, 0.5) is 0 Å². The molecule has 1 aromatic rings. The Labute approximate surface area is 110 Å². The fourth-order valence-corrected chi connectivity index (χ4v) is 2.35. The maximum Gasteiger partial charge on any atom is 0.123 e. The van der Waals surface area contributed by atoms with Crippen LogP contribution < -0.4 is 15.4 Å². The quantitative estimate of drug-likeness (QED) is 0.838. The normalized spacial score (nSPS) is 19.4. The summed E-state index contributed by atoms with van der Waals surface area (Å²) >= 11 is 0. The Hall–Kier alpha value is -1.06. The van der Waals surface area contributed by atoms with Gasteiger partial charge in [-0.25, -0.2) is 0 Å². The largest absolute Gasteiger partial charge is 0.496 e. The molecule has 0 saturated carbocycles. The van der Waals surface area contributed by atoms with Gasteiger partial charge in [0.2, 0.25) is 0 Å². The molecule has 100 valence electrons. The number of hydrogen-bond donors (Lipinski definition) is 2. The van der Waals surface area contributed by atoms with Gasteiger partial charge in [0.05, 0.1) is 7.11 Å². The molecule has 0 aliphatic carbocycles. The van der Waals surface area contributed by atoms with Crippen molar-refractivity contribution in [2.75, 3.05) is 20.2 Å². The minimum absolute atomic E-state index is 0.542. The smallest absolute Gasteiger partial charge is 0.123 e. The third kappa shape index (κ3) is 3.24. The molecule has 0 bridgehead atoms. The fraction of sp³-hybridized carbons (Fsp3) is 0.600. The highest BCUT2D eigenvalue weighted by Gasteiger charge is 2.14. The van der Waals surface area contributed by atoms with E-state index in [2.05, 4.69) is 42.7 Å². The number of hydrogen-bond acceptors (Lipinski definition) is 3. The van der Waals surface area contributed by atoms with Crippen LogP contribution in [0, 0.1) is 0 Å². The molecule has 2 N–H and O–H groups in total. The molecule has 1 aliphatic rings. The molecule has 1 atom stereocenters. The Kier molecular flexibility index (Phi) is 4.61. The zero-order valence-electron chi connectivity index (χ0n) is 11.6. The summed E-state index contributed by atoms with van der Waals surface area (Å²) < 4.78 is 5.50. The lowest BCUT2D eigenvalue weighted by molar-refractivity contribution is 0.405. The number of nitrogens with one attached hydrogen (secondary N) is 2. The molecule has 0 radical (unpaired) electrons. The summed E-state index contributed by atoms with van der Waals surface area (Å²) in [6.07, 6.45) is 1.21. The SMILES string of the molecule is COc1cc(C(C)C)ccc1CNC1CCNC1. The summed E-state index contributed by atoms with van der Waals surface area (Å²) in [5.41, 5.74) is 2.58. The zero-order valence-corrected chi connectivity index (χ0v) is 11.6. The zero-order chi connectivity index (χ0) is 13.0. The lowest BCUT2D eigenvalue weighted by Gasteiger charge is -2.15. The third-order valence-corrected chi connectivity index (χ3v) is 3.62. The predicted octanol–water partition coefficient (Wildman–Crippen LogP) is 2.27. The lowest BCUT2D eigenvalue weighted by Crippen LogP contribution is -2.30. The first kappa shape index (κ1) is 13.4. The highest BCUT2D eigenvalue weighted by Crippen LogP contribution is 2.24. The molecule has 1 aromatic carbocycles. The summed E-state index contributed by atoms with van der Waals surface area (Å²) in [7, 11) is 1.75. The Morgan fingerprint density at radius 1 is 1.44 bits per heavy atom. The van der Waals surface area contributed by atoms with Gasteiger partial charge in [0.1, 0.15) is 5.75 Å². The van der Waals surface area contributed by atoms with Gasteiger partial charge in [-0.3, -0.25) is 0 Å². The van der Waals surface area contributed by atoms with Crippen LogP contribution in [0.2, 0.25) is 0 Å². The van der Waals surface area contributed by atoms with Crippen LogP contribution in [0.3, 0.4) is 0 Å². The van der Waals surface area contributed by atoms with E-state index in [1.807, 2.05) is 0 Å². The molecule has 0 aromatic heterocycles. The van der Waals surface area contributed by atoms with E-state index >= 15 is 0 Å². The maximum absolute atomic E-state index is 5.50. The first-order chi connectivity index (χ1) is 8.70. The standard InChI is InChI=1S/C15H24N2O/c1-11(2)12-4-5-13(15(8-12)18-3)9-17-14-6-7-16-10-14/h4-5,8,11,14,16-17H,6-7,9-10H2,1-3H3. The molecule has 1 heterocycles. The maximum atomic E-state index is 5.50. The molecule has 0 amide bonds. The Morgan fingerprint density at radius 2 is 2.28 bits per heavy atom. The number of benzene rings is 1. The molecule has 2 rings (SSSR count). The van der Waals surface area contributed by atoms with Gasteiger partial charge in [0.15, 0.2) is 0 Å². The number of methoxy groups -OCH3 is 1. The first-order valence-electron chi connectivity index (χ1n) is 6.81. The average Bonchev–Trinajstić information content (AvgIpc) is 2.89. The van der Waals surface area contributed by atoms with Gasteiger partial charge in [-0.2, -0.15) is 0 Å². The van der Waals surface area contributed by atoms with E-state index in [1.54, 1.807) is 7.11 Å². The second-order valence-electron chi connectivity index (χ2n) is 5.30. The van der Waals surface area contributed by atoms with Gasteiger partial charge in [-0.1, -0.05) is 26.0 Å². The number of rotatable bonds is 5. The van der Waals surface area contributed by atoms with Crippen LogP contribution in [0.5, 0.6) is 5.75 Å². The highest BCUT2D eigenvalue weighted by atomic mass is 16.5. The molecule has 3 nitrogen and oxygen atoms in total. The van der Waals surface area contributed by atoms with Crippen LogP contribution in [-0.4, -0.2) is 26.2 Å². The van der Waals surface area contributed by atoms with Crippen molar-refractivity contribution in [1.82, 2.24) is 10.6 Å². The Balaban J connectivity index is 2.02. The van der Waals surface area contributed by atoms with Crippen molar-refractivity contribution in [1.29, 1.82) is 0 Å². The van der Waals surface area contributed by atoms with Crippen LogP contribution >= 0.6 is 0 Å². The minimum atomic E-state index is 0.542. The molecule has 1 unspecified atom stereocenters. The molecule has 0 spiro atoms. The van der Waals surface area contributed by atoms with Crippen molar-refractivity contribution in [3.05, 3.63) is 29.3 Å². The van der Waals surface area contributed by atoms with Crippen LogP contribution in [0.1, 0.15) is 37.3 Å². The summed E-state index contributed by atoms with van der Waals surface area (Å²) in [4.78, 5) is 0. The summed E-state index contributed by atoms with van der Waals surface area (Å²) in [6, 6.07) is 7.15. The minimum Gasteiger partial charge on any atom is -0.496 e. The molecule has 18 heavy (non-hydrogen) atoms. The summed E-state index contributed by atoms with van der Waals surface area (Å²) in [6.45, 7) is 7.50. The summed E-state index contributed by atoms with van der Waals surface area (Å²) in [5, 5.41) is 6.95. The Bertz CT molecular complexity index is 384. The molecule has 1 fully saturated rings. The monoisotopic (exact) mass is 248 g/mol. The first-order valence-corrected chi connectivity index (χ1v) is 6.81. The van der Waals surface area contributed by atoms with E-state index in [-0.39, 0.29) is 0 Å². The van der Waals surface area contributed by atoms with Gasteiger partial charge in [-0.15, -0.1) is 0 Å². The van der Waals surface area contributed by atoms with E-state index in [0.717, 1.165) is 25.4 Å². The fourth-order valence-electron chi connectivity index (χ4n) is 2.35. The molecular formula is C15H24N2O. The van der Waals surface area contributed by atoms with E-state index in [9.17, 15) is 0 Å². The molecule has 1 saturated heterocycles. The van der Waals surface area contributed by atoms with E-state index in [4.69, 9.17) is 4.74 Å². The van der Waals surface area contributed by atoms with Gasteiger partial charge < -0.3 is 15.4 Å². The van der Waals surface area contributed by atoms with Crippen molar-refractivity contribution in [3.63, 3.8) is 0 Å². The van der Waals surface area contributed by atoms with Crippen molar-refractivity contribution >= 4 is 0 Å². The molecule has 3 heteroatoms. The van der Waals surface area contributed by atoms with Gasteiger partial charge in [0, 0.05) is 24.7 Å². The second kappa shape index (κ2) is 6.21. The van der Waals surface area contributed by atoms with Gasteiger partial charge >= 0.3 is 0 Å². The average molecular weight is 248 g/mol. The predicted molar refractivity (Wildman–Crippen MR) is 75.2 cm³/mol. The highest BCUT2D eigenvalue weighted by molar-refractivity contribution is 5.38. The van der Waals surface area contributed by atoms with Crippen LogP contribution in [0.25, 0.3) is 0 Å². The van der Waals surface area contributed by atoms with Crippen molar-refractivity contribution < 1.29 is 4.74 Å². The molecule has 1 aliphatic heterocycles. The van der Waals surface area contributed by atoms with Crippen LogP contribution in [0.15, 0.2) is 18.2 Å². The van der Waals surface area contributed by atoms with E-state index < -0.39 is 0 Å². The Morgan fingerprint density at radius 3 is 2.89 bits per heavy atom. The van der Waals surface area contributed by atoms with Crippen molar-refractivity contribution in [2.24, 2.45) is 0 Å². The number of ether oxygens (including phenoxy) is 1. The van der Waals surface area contributed by atoms with Gasteiger partial charge in [-0.05, 0) is 30.5 Å². The lowest BCUT2D eigenvalue weighted by atomic mass is 10.0. The van der Waals surface area contributed by atoms with Crippen molar-refractivity contribution in [2.45, 2.75) is 38.8 Å². The van der Waals surface area contributed by atoms with Gasteiger partial charge in [0.25, 0.3) is 0 Å². The second-order valence-corrected chi connectivity index (χ2v) is 5.30. The topological polar surface area (TPSA) is 33.3 Å². The third-order valence-electron chi connectivity index (χ3n) is 3.62. The van der Waals surface area contributed by atoms with E-state index in [0.29, 0.717) is 12.0 Å².